The molecule has 23 heavy (non-hydrogen) atoms. The predicted molar refractivity (Wildman–Crippen MR) is 88.0 cm³/mol. The zero-order chi connectivity index (χ0) is 16.8. The van der Waals surface area contributed by atoms with Gasteiger partial charge in [-0.1, -0.05) is 20.8 Å². The first-order valence-corrected chi connectivity index (χ1v) is 8.41. The first-order valence-electron chi connectivity index (χ1n) is 8.41. The summed E-state index contributed by atoms with van der Waals surface area (Å²) in [7, 11) is 0. The predicted octanol–water partition coefficient (Wildman–Crippen LogP) is 2.46. The monoisotopic (exact) mass is 321 g/mol. The second-order valence-corrected chi connectivity index (χ2v) is 6.37. The average Bonchev–Trinajstić information content (AvgIpc) is 3.18. The summed E-state index contributed by atoms with van der Waals surface area (Å²) in [5, 5.41) is 5.49. The van der Waals surface area contributed by atoms with Crippen LogP contribution in [-0.2, 0) is 11.2 Å². The molecule has 2 N–H and O–H groups in total. The Balaban J connectivity index is 1.86. The molecule has 0 radical (unpaired) electrons. The van der Waals surface area contributed by atoms with Crippen molar-refractivity contribution in [3.8, 4) is 0 Å². The van der Waals surface area contributed by atoms with Crippen molar-refractivity contribution in [2.24, 2.45) is 5.92 Å². The second-order valence-electron chi connectivity index (χ2n) is 6.37. The van der Waals surface area contributed by atoms with Gasteiger partial charge < -0.3 is 20.0 Å². The van der Waals surface area contributed by atoms with Gasteiger partial charge in [0.05, 0.1) is 12.6 Å². The average molecular weight is 321 g/mol. The van der Waals surface area contributed by atoms with E-state index in [2.05, 4.69) is 10.6 Å². The lowest BCUT2D eigenvalue weighted by Crippen LogP contribution is -2.44. The minimum absolute atomic E-state index is 0.00708. The van der Waals surface area contributed by atoms with Crippen molar-refractivity contribution < 1.29 is 14.0 Å². The third kappa shape index (κ3) is 4.74. The number of rotatable bonds is 6. The van der Waals surface area contributed by atoms with Crippen LogP contribution >= 0.6 is 0 Å². The minimum Gasteiger partial charge on any atom is -0.464 e. The Kier molecular flexibility index (Phi) is 6.07. The lowest BCUT2D eigenvalue weighted by atomic mass is 10.2. The molecule has 0 spiro atoms. The van der Waals surface area contributed by atoms with Crippen LogP contribution in [0.25, 0.3) is 0 Å². The molecule has 1 aliphatic rings. The Morgan fingerprint density at radius 3 is 2.78 bits per heavy atom. The molecular formula is C17H27N3O3. The van der Waals surface area contributed by atoms with Crippen LogP contribution in [0.4, 0.5) is 4.79 Å². The van der Waals surface area contributed by atoms with Crippen molar-refractivity contribution in [3.05, 3.63) is 23.7 Å². The number of amides is 3. The summed E-state index contributed by atoms with van der Waals surface area (Å²) in [6.45, 7) is 7.41. The van der Waals surface area contributed by atoms with E-state index < -0.39 is 0 Å². The van der Waals surface area contributed by atoms with Gasteiger partial charge in [0.15, 0.2) is 0 Å². The summed E-state index contributed by atoms with van der Waals surface area (Å²) in [5.41, 5.74) is 0. The highest BCUT2D eigenvalue weighted by Crippen LogP contribution is 2.32. The highest BCUT2D eigenvalue weighted by molar-refractivity contribution is 5.84. The number of furan rings is 1. The quantitative estimate of drug-likeness (QED) is 0.845. The molecular weight excluding hydrogens is 294 g/mol. The maximum Gasteiger partial charge on any atom is 0.318 e. The van der Waals surface area contributed by atoms with E-state index in [4.69, 9.17) is 4.42 Å². The highest BCUT2D eigenvalue weighted by Gasteiger charge is 2.32. The topological polar surface area (TPSA) is 74.6 Å². The number of aryl methyl sites for hydroxylation is 1. The fraction of sp³-hybridized carbons (Fsp3) is 0.647. The maximum absolute atomic E-state index is 12.3. The van der Waals surface area contributed by atoms with Gasteiger partial charge in [-0.25, -0.2) is 4.79 Å². The van der Waals surface area contributed by atoms with E-state index in [1.165, 1.54) is 0 Å². The normalized spacial score (nSPS) is 17.6. The Bertz CT molecular complexity index is 539. The van der Waals surface area contributed by atoms with E-state index in [1.54, 1.807) is 4.90 Å². The van der Waals surface area contributed by atoms with Gasteiger partial charge in [0.2, 0.25) is 5.91 Å². The fourth-order valence-electron chi connectivity index (χ4n) is 2.71. The standard InChI is InChI=1S/C17H27N3O3/c1-4-13-7-8-15(23-13)14-6-5-9-20(14)17(22)19-11-16(21)18-10-12(2)3/h7-8,12,14H,4-6,9-11H2,1-3H3,(H,18,21)(H,19,22)/t14-/m1/s1. The molecule has 1 fully saturated rings. The molecule has 1 atom stereocenters. The summed E-state index contributed by atoms with van der Waals surface area (Å²) in [6, 6.07) is 3.67. The molecule has 2 rings (SSSR count). The Morgan fingerprint density at radius 2 is 2.13 bits per heavy atom. The molecule has 128 valence electrons. The summed E-state index contributed by atoms with van der Waals surface area (Å²) in [5.74, 6) is 2.00. The van der Waals surface area contributed by atoms with Crippen molar-refractivity contribution in [2.45, 2.75) is 46.1 Å². The lowest BCUT2D eigenvalue weighted by molar-refractivity contribution is -0.120. The van der Waals surface area contributed by atoms with Crippen molar-refractivity contribution in [3.63, 3.8) is 0 Å². The van der Waals surface area contributed by atoms with Crippen LogP contribution in [0.5, 0.6) is 0 Å². The van der Waals surface area contributed by atoms with E-state index in [-0.39, 0.29) is 24.5 Å². The highest BCUT2D eigenvalue weighted by atomic mass is 16.3. The number of urea groups is 1. The first kappa shape index (κ1) is 17.4. The number of likely N-dealkylation sites (tertiary alicyclic amines) is 1. The van der Waals surface area contributed by atoms with Crippen LogP contribution in [0.15, 0.2) is 16.5 Å². The van der Waals surface area contributed by atoms with Crippen LogP contribution < -0.4 is 10.6 Å². The molecule has 1 aromatic rings. The van der Waals surface area contributed by atoms with Gasteiger partial charge in [-0.3, -0.25) is 4.79 Å². The second kappa shape index (κ2) is 8.04. The lowest BCUT2D eigenvalue weighted by Gasteiger charge is -2.23. The Hall–Kier alpha value is -1.98. The zero-order valence-electron chi connectivity index (χ0n) is 14.2. The SMILES string of the molecule is CCc1ccc([C@H]2CCCN2C(=O)NCC(=O)NCC(C)C)o1. The smallest absolute Gasteiger partial charge is 0.318 e. The van der Waals surface area contributed by atoms with Crippen LogP contribution in [-0.4, -0.2) is 36.5 Å². The summed E-state index contributed by atoms with van der Waals surface area (Å²) in [6.07, 6.45) is 2.68. The third-order valence-electron chi connectivity index (χ3n) is 3.98. The van der Waals surface area contributed by atoms with E-state index in [1.807, 2.05) is 32.9 Å². The van der Waals surface area contributed by atoms with Crippen LogP contribution in [0, 0.1) is 5.92 Å². The molecule has 3 amide bonds. The van der Waals surface area contributed by atoms with Crippen molar-refractivity contribution in [2.75, 3.05) is 19.6 Å². The van der Waals surface area contributed by atoms with Crippen molar-refractivity contribution in [1.82, 2.24) is 15.5 Å². The number of nitrogens with zero attached hydrogens (tertiary/aromatic N) is 1. The molecule has 1 aromatic heterocycles. The van der Waals surface area contributed by atoms with Gasteiger partial charge in [0, 0.05) is 19.5 Å². The van der Waals surface area contributed by atoms with Crippen LogP contribution in [0.3, 0.4) is 0 Å². The van der Waals surface area contributed by atoms with Crippen molar-refractivity contribution in [1.29, 1.82) is 0 Å². The molecule has 1 saturated heterocycles. The Morgan fingerprint density at radius 1 is 1.35 bits per heavy atom. The maximum atomic E-state index is 12.3. The van der Waals surface area contributed by atoms with Gasteiger partial charge in [-0.05, 0) is 30.9 Å². The zero-order valence-corrected chi connectivity index (χ0v) is 14.2. The first-order chi connectivity index (χ1) is 11.0. The molecule has 0 aliphatic carbocycles. The number of carbonyl (C=O) groups excluding carboxylic acids is 2. The van der Waals surface area contributed by atoms with E-state index >= 15 is 0 Å². The molecule has 0 aromatic carbocycles. The number of carbonyl (C=O) groups is 2. The Labute approximate surface area is 137 Å². The van der Waals surface area contributed by atoms with Gasteiger partial charge in [0.1, 0.15) is 11.5 Å². The number of nitrogens with one attached hydrogen (secondary N) is 2. The van der Waals surface area contributed by atoms with E-state index in [0.717, 1.165) is 30.8 Å². The van der Waals surface area contributed by atoms with E-state index in [9.17, 15) is 9.59 Å². The molecule has 1 aliphatic heterocycles. The molecule has 2 heterocycles. The number of hydrogen-bond donors (Lipinski definition) is 2. The minimum atomic E-state index is -0.207. The summed E-state index contributed by atoms with van der Waals surface area (Å²) in [4.78, 5) is 25.8. The summed E-state index contributed by atoms with van der Waals surface area (Å²) < 4.78 is 5.79. The fourth-order valence-corrected chi connectivity index (χ4v) is 2.71. The molecule has 0 unspecified atom stereocenters. The number of hydrogen-bond acceptors (Lipinski definition) is 3. The van der Waals surface area contributed by atoms with Gasteiger partial charge in [-0.15, -0.1) is 0 Å². The van der Waals surface area contributed by atoms with E-state index in [0.29, 0.717) is 19.0 Å². The molecule has 0 bridgehead atoms. The third-order valence-corrected chi connectivity index (χ3v) is 3.98. The summed E-state index contributed by atoms with van der Waals surface area (Å²) >= 11 is 0. The molecule has 6 nitrogen and oxygen atoms in total. The van der Waals surface area contributed by atoms with Crippen LogP contribution in [0.2, 0.25) is 0 Å². The molecule has 6 heteroatoms. The van der Waals surface area contributed by atoms with Crippen molar-refractivity contribution >= 4 is 11.9 Å². The van der Waals surface area contributed by atoms with Gasteiger partial charge in [0.25, 0.3) is 0 Å². The molecule has 0 saturated carbocycles. The largest absolute Gasteiger partial charge is 0.464 e. The van der Waals surface area contributed by atoms with Crippen LogP contribution in [0.1, 0.15) is 51.2 Å². The van der Waals surface area contributed by atoms with Gasteiger partial charge >= 0.3 is 6.03 Å². The van der Waals surface area contributed by atoms with Gasteiger partial charge in [-0.2, -0.15) is 0 Å².